The first-order valence-electron chi connectivity index (χ1n) is 18.6. The van der Waals surface area contributed by atoms with Crippen molar-refractivity contribution in [3.8, 4) is 0 Å². The van der Waals surface area contributed by atoms with Crippen LogP contribution in [0.25, 0.3) is 10.9 Å². The molecule has 1 aliphatic carbocycles. The molecule has 0 unspecified atom stereocenters. The van der Waals surface area contributed by atoms with Gasteiger partial charge in [-0.15, -0.1) is 0 Å². The van der Waals surface area contributed by atoms with E-state index in [4.69, 9.17) is 10.5 Å². The predicted molar refractivity (Wildman–Crippen MR) is 204 cm³/mol. The number of pyridine rings is 1. The Morgan fingerprint density at radius 2 is 1.68 bits per heavy atom. The number of carboxylic acid groups (broad SMARTS) is 1. The summed E-state index contributed by atoms with van der Waals surface area (Å²) in [6, 6.07) is 7.44. The Kier molecular flexibility index (Phi) is 13.1. The van der Waals surface area contributed by atoms with E-state index in [1.165, 1.54) is 17.2 Å². The van der Waals surface area contributed by atoms with Gasteiger partial charge in [0.2, 0.25) is 23.2 Å². The van der Waals surface area contributed by atoms with E-state index in [0.29, 0.717) is 55.5 Å². The largest absolute Gasteiger partial charge is 0.477 e. The molecule has 17 nitrogen and oxygen atoms in total. The predicted octanol–water partition coefficient (Wildman–Crippen LogP) is 2.50. The number of nitrogens with one attached hydrogen (secondary N) is 4. The molecule has 2 aromatic carbocycles. The molecule has 7 N–H and O–H groups in total. The normalized spacial score (nSPS) is 15.3. The highest BCUT2D eigenvalue weighted by Crippen LogP contribution is 2.41. The van der Waals surface area contributed by atoms with E-state index in [2.05, 4.69) is 21.3 Å². The van der Waals surface area contributed by atoms with Gasteiger partial charge in [-0.05, 0) is 69.4 Å². The number of nitrogens with two attached hydrogens (primary N) is 1. The number of aromatic carboxylic acids is 1. The topological polar surface area (TPSA) is 234 Å². The number of carbonyl (C=O) groups excluding carboxylic acids is 5. The smallest absolute Gasteiger partial charge is 0.410 e. The summed E-state index contributed by atoms with van der Waals surface area (Å²) in [6.45, 7) is 5.44. The molecule has 300 valence electrons. The highest BCUT2D eigenvalue weighted by atomic mass is 19.1. The number of nitrogens with zero attached hydrogens (tertiary/aromatic N) is 3. The molecule has 2 heterocycles. The van der Waals surface area contributed by atoms with Gasteiger partial charge in [0.1, 0.15) is 29.4 Å². The molecule has 56 heavy (non-hydrogen) atoms. The Hall–Kier alpha value is -6.20. The Morgan fingerprint density at radius 3 is 2.27 bits per heavy atom. The van der Waals surface area contributed by atoms with Crippen molar-refractivity contribution in [2.24, 2.45) is 11.1 Å². The Balaban J connectivity index is 1.15. The van der Waals surface area contributed by atoms with Crippen molar-refractivity contribution in [1.29, 1.82) is 0 Å². The number of benzene rings is 2. The van der Waals surface area contributed by atoms with Crippen LogP contribution in [0.1, 0.15) is 61.9 Å². The molecule has 1 saturated heterocycles. The number of primary amides is 1. The number of ether oxygens (including phenoxy) is 1. The minimum absolute atomic E-state index is 0.0265. The monoisotopic (exact) mass is 778 g/mol. The molecule has 0 radical (unpaired) electrons. The van der Waals surface area contributed by atoms with Crippen LogP contribution in [-0.4, -0.2) is 95.7 Å². The van der Waals surface area contributed by atoms with Gasteiger partial charge < -0.3 is 51.2 Å². The lowest BCUT2D eigenvalue weighted by molar-refractivity contribution is -0.150. The van der Waals surface area contributed by atoms with Gasteiger partial charge >= 0.3 is 18.1 Å². The van der Waals surface area contributed by atoms with Crippen molar-refractivity contribution in [3.05, 3.63) is 69.8 Å². The highest BCUT2D eigenvalue weighted by molar-refractivity contribution is 6.08. The van der Waals surface area contributed by atoms with Gasteiger partial charge in [0.05, 0.1) is 11.2 Å². The summed E-state index contributed by atoms with van der Waals surface area (Å²) in [6.07, 6.45) is 2.64. The van der Waals surface area contributed by atoms with E-state index >= 15 is 4.39 Å². The summed E-state index contributed by atoms with van der Waals surface area (Å²) in [5.74, 6) is -3.48. The number of halogens is 1. The SMILES string of the molecule is CCNC(=O)C1(C(=O)N[C@@H](CCCNC(N)=O)C(=O)Nc2ccc(COC(=O)N3CCN(c4cc5c(cc4F)c(=O)c(C(=O)O)cn5CC)CC3)cc2)CCC1. The Morgan fingerprint density at radius 1 is 0.982 bits per heavy atom. The van der Waals surface area contributed by atoms with Crippen molar-refractivity contribution in [1.82, 2.24) is 25.4 Å². The van der Waals surface area contributed by atoms with Crippen LogP contribution in [0.2, 0.25) is 0 Å². The third-order valence-electron chi connectivity index (χ3n) is 10.2. The number of piperazine rings is 1. The molecule has 5 rings (SSSR count). The Labute approximate surface area is 321 Å². The summed E-state index contributed by atoms with van der Waals surface area (Å²) in [5, 5.41) is 20.1. The zero-order valence-corrected chi connectivity index (χ0v) is 31.3. The lowest BCUT2D eigenvalue weighted by atomic mass is 9.67. The first-order valence-corrected chi connectivity index (χ1v) is 18.6. The number of hydrogen-bond acceptors (Lipinski definition) is 9. The average molecular weight is 779 g/mol. The molecule has 3 aromatic rings. The molecule has 0 spiro atoms. The number of fused-ring (bicyclic) bond motifs is 1. The van der Waals surface area contributed by atoms with Crippen LogP contribution >= 0.6 is 0 Å². The standard InChI is InChI=1S/C38H47FN8O9/c1-3-41-34(52)38(12-6-13-38)35(53)44-28(7-5-14-42-36(40)54)32(49)43-24-10-8-23(9-11-24)22-56-37(55)47-17-15-46(16-18-47)30-20-29-25(19-27(30)39)31(48)26(33(50)51)21-45(29)4-2/h8-11,19-21,28H,3-7,12-18,22H2,1-2H3,(H,41,52)(H,43,49)(H,44,53)(H,50,51)(H3,40,42,54)/t28-/m0/s1. The van der Waals surface area contributed by atoms with Crippen molar-refractivity contribution < 1.29 is 43.0 Å². The van der Waals surface area contributed by atoms with Gasteiger partial charge in [-0.3, -0.25) is 19.2 Å². The van der Waals surface area contributed by atoms with Crippen LogP contribution in [0.15, 0.2) is 47.4 Å². The molecule has 1 atom stereocenters. The molecule has 1 aromatic heterocycles. The lowest BCUT2D eigenvalue weighted by Crippen LogP contribution is -2.58. The summed E-state index contributed by atoms with van der Waals surface area (Å²) in [7, 11) is 0. The average Bonchev–Trinajstić information content (AvgIpc) is 3.15. The van der Waals surface area contributed by atoms with E-state index in [-0.39, 0.29) is 62.7 Å². The number of aryl methyl sites for hydroxylation is 1. The molecular weight excluding hydrogens is 731 g/mol. The van der Waals surface area contributed by atoms with Crippen molar-refractivity contribution in [2.75, 3.05) is 49.5 Å². The quantitative estimate of drug-likeness (QED) is 0.0975. The van der Waals surface area contributed by atoms with Crippen molar-refractivity contribution in [2.45, 2.75) is 65.1 Å². The van der Waals surface area contributed by atoms with Crippen LogP contribution in [0.5, 0.6) is 0 Å². The van der Waals surface area contributed by atoms with Crippen LogP contribution in [-0.2, 0) is 32.3 Å². The molecule has 2 aliphatic rings. The molecule has 0 bridgehead atoms. The van der Waals surface area contributed by atoms with Gasteiger partial charge in [-0.2, -0.15) is 0 Å². The third kappa shape index (κ3) is 9.18. The van der Waals surface area contributed by atoms with Crippen LogP contribution in [0, 0.1) is 11.2 Å². The Bertz CT molecular complexity index is 2040. The summed E-state index contributed by atoms with van der Waals surface area (Å²) in [5.41, 5.74) is 4.40. The fourth-order valence-electron chi connectivity index (χ4n) is 6.84. The van der Waals surface area contributed by atoms with Crippen LogP contribution in [0.4, 0.5) is 25.4 Å². The maximum absolute atomic E-state index is 15.3. The summed E-state index contributed by atoms with van der Waals surface area (Å²) < 4.78 is 22.4. The van der Waals surface area contributed by atoms with Crippen LogP contribution in [0.3, 0.4) is 0 Å². The number of hydrogen-bond donors (Lipinski definition) is 6. The molecule has 1 saturated carbocycles. The molecular formula is C38H47FN8O9. The second kappa shape index (κ2) is 18.0. The van der Waals surface area contributed by atoms with E-state index < -0.39 is 58.2 Å². The second-order valence-corrected chi connectivity index (χ2v) is 13.8. The first kappa shape index (κ1) is 41.0. The first-order chi connectivity index (χ1) is 26.8. The highest BCUT2D eigenvalue weighted by Gasteiger charge is 2.51. The number of anilines is 2. The van der Waals surface area contributed by atoms with Gasteiger partial charge in [0, 0.05) is 63.1 Å². The number of urea groups is 1. The van der Waals surface area contributed by atoms with Crippen molar-refractivity contribution >= 4 is 58.1 Å². The fourth-order valence-corrected chi connectivity index (χ4v) is 6.84. The summed E-state index contributed by atoms with van der Waals surface area (Å²) in [4.78, 5) is 91.0. The second-order valence-electron chi connectivity index (χ2n) is 13.8. The van der Waals surface area contributed by atoms with E-state index in [1.54, 1.807) is 47.6 Å². The maximum atomic E-state index is 15.3. The number of aromatic nitrogens is 1. The minimum atomic E-state index is -1.39. The maximum Gasteiger partial charge on any atom is 0.410 e. The molecule has 18 heteroatoms. The van der Waals surface area contributed by atoms with Gasteiger partial charge in [0.25, 0.3) is 0 Å². The van der Waals surface area contributed by atoms with E-state index in [0.717, 1.165) is 6.07 Å². The number of carbonyl (C=O) groups is 6. The number of amides is 6. The van der Waals surface area contributed by atoms with E-state index in [9.17, 15) is 38.7 Å². The zero-order valence-electron chi connectivity index (χ0n) is 31.3. The van der Waals surface area contributed by atoms with Gasteiger partial charge in [0.15, 0.2) is 0 Å². The van der Waals surface area contributed by atoms with E-state index in [1.807, 2.05) is 0 Å². The van der Waals surface area contributed by atoms with Crippen LogP contribution < -0.4 is 37.3 Å². The zero-order chi connectivity index (χ0) is 40.6. The molecule has 1 aliphatic heterocycles. The number of carboxylic acids is 1. The summed E-state index contributed by atoms with van der Waals surface area (Å²) >= 11 is 0. The van der Waals surface area contributed by atoms with Crippen molar-refractivity contribution in [3.63, 3.8) is 0 Å². The molecule has 2 fully saturated rings. The van der Waals surface area contributed by atoms with Gasteiger partial charge in [-0.25, -0.2) is 18.8 Å². The van der Waals surface area contributed by atoms with Gasteiger partial charge in [-0.1, -0.05) is 18.6 Å². The fraction of sp³-hybridized carbons (Fsp3) is 0.447. The molecule has 6 amide bonds. The minimum Gasteiger partial charge on any atom is -0.477 e. The lowest BCUT2D eigenvalue weighted by Gasteiger charge is -2.39. The number of rotatable bonds is 15. The third-order valence-corrected chi connectivity index (χ3v) is 10.2.